The number of ether oxygens (including phenoxy) is 1. The van der Waals surface area contributed by atoms with Crippen molar-refractivity contribution in [3.05, 3.63) is 35.7 Å². The molecule has 104 valence electrons. The zero-order chi connectivity index (χ0) is 14.5. The number of aromatic amines is 1. The molecule has 4 N–H and O–H groups in total. The first-order chi connectivity index (χ1) is 9.63. The summed E-state index contributed by atoms with van der Waals surface area (Å²) >= 11 is 0. The Hall–Kier alpha value is -2.90. The average molecular weight is 275 g/mol. The predicted molar refractivity (Wildman–Crippen MR) is 71.1 cm³/mol. The fraction of sp³-hybridized carbons (Fsp3) is 0.167. The lowest BCUT2D eigenvalue weighted by molar-refractivity contribution is 0.0529. The summed E-state index contributed by atoms with van der Waals surface area (Å²) in [4.78, 5) is 27.5. The van der Waals surface area contributed by atoms with E-state index in [2.05, 4.69) is 20.5 Å². The molecule has 0 aromatic carbocycles. The number of anilines is 2. The Morgan fingerprint density at radius 1 is 1.50 bits per heavy atom. The Morgan fingerprint density at radius 2 is 2.30 bits per heavy atom. The number of rotatable bonds is 4. The van der Waals surface area contributed by atoms with Gasteiger partial charge in [-0.05, 0) is 19.1 Å². The van der Waals surface area contributed by atoms with Crippen molar-refractivity contribution in [1.82, 2.24) is 15.2 Å². The Balaban J connectivity index is 2.22. The van der Waals surface area contributed by atoms with Gasteiger partial charge in [0.2, 0.25) is 0 Å². The van der Waals surface area contributed by atoms with Gasteiger partial charge in [-0.2, -0.15) is 5.10 Å². The summed E-state index contributed by atoms with van der Waals surface area (Å²) in [5.74, 6) is -1.05. The van der Waals surface area contributed by atoms with Crippen molar-refractivity contribution < 1.29 is 14.3 Å². The standard InChI is InChI=1S/C12H13N5O3/c1-2-20-12(19)8-9(13)16-17-10(8)15-11(18)7-4-3-5-14-6-7/h3-6H,2H2,1H3,(H4,13,15,16,17,18). The van der Waals surface area contributed by atoms with E-state index < -0.39 is 11.9 Å². The quantitative estimate of drug-likeness (QED) is 0.710. The van der Waals surface area contributed by atoms with E-state index >= 15 is 0 Å². The van der Waals surface area contributed by atoms with Crippen LogP contribution in [0.3, 0.4) is 0 Å². The molecule has 0 atom stereocenters. The van der Waals surface area contributed by atoms with Gasteiger partial charge in [0.05, 0.1) is 12.2 Å². The topological polar surface area (TPSA) is 123 Å². The molecule has 0 saturated heterocycles. The second kappa shape index (κ2) is 5.83. The van der Waals surface area contributed by atoms with E-state index in [9.17, 15) is 9.59 Å². The lowest BCUT2D eigenvalue weighted by atomic mass is 10.2. The smallest absolute Gasteiger partial charge is 0.345 e. The molecule has 2 heterocycles. The molecule has 0 unspecified atom stereocenters. The van der Waals surface area contributed by atoms with Crippen molar-refractivity contribution in [1.29, 1.82) is 0 Å². The lowest BCUT2D eigenvalue weighted by Crippen LogP contribution is -2.16. The number of H-pyrrole nitrogens is 1. The molecule has 0 bridgehead atoms. The number of hydrogen-bond acceptors (Lipinski definition) is 6. The number of nitrogens with one attached hydrogen (secondary N) is 2. The first-order valence-electron chi connectivity index (χ1n) is 5.85. The van der Waals surface area contributed by atoms with Gasteiger partial charge in [-0.1, -0.05) is 0 Å². The number of nitrogen functional groups attached to an aromatic ring is 1. The summed E-state index contributed by atoms with van der Waals surface area (Å²) in [5.41, 5.74) is 5.95. The molecular formula is C12H13N5O3. The maximum Gasteiger partial charge on any atom is 0.345 e. The third-order valence-corrected chi connectivity index (χ3v) is 2.43. The van der Waals surface area contributed by atoms with Crippen molar-refractivity contribution >= 4 is 23.5 Å². The molecule has 0 aliphatic carbocycles. The fourth-order valence-electron chi connectivity index (χ4n) is 1.53. The van der Waals surface area contributed by atoms with Gasteiger partial charge < -0.3 is 15.8 Å². The van der Waals surface area contributed by atoms with Crippen molar-refractivity contribution in [2.75, 3.05) is 17.7 Å². The van der Waals surface area contributed by atoms with Gasteiger partial charge in [0.1, 0.15) is 11.4 Å². The zero-order valence-corrected chi connectivity index (χ0v) is 10.7. The van der Waals surface area contributed by atoms with E-state index in [-0.39, 0.29) is 23.8 Å². The number of pyridine rings is 1. The van der Waals surface area contributed by atoms with Gasteiger partial charge in [0.15, 0.2) is 5.82 Å². The first-order valence-corrected chi connectivity index (χ1v) is 5.85. The van der Waals surface area contributed by atoms with E-state index in [1.54, 1.807) is 25.3 Å². The lowest BCUT2D eigenvalue weighted by Gasteiger charge is -2.05. The highest BCUT2D eigenvalue weighted by molar-refractivity contribution is 6.08. The van der Waals surface area contributed by atoms with Crippen LogP contribution >= 0.6 is 0 Å². The summed E-state index contributed by atoms with van der Waals surface area (Å²) in [5, 5.41) is 8.70. The molecule has 0 radical (unpaired) electrons. The molecule has 0 aliphatic rings. The van der Waals surface area contributed by atoms with E-state index in [0.29, 0.717) is 5.56 Å². The fourth-order valence-corrected chi connectivity index (χ4v) is 1.53. The monoisotopic (exact) mass is 275 g/mol. The zero-order valence-electron chi connectivity index (χ0n) is 10.7. The molecule has 2 aromatic heterocycles. The van der Waals surface area contributed by atoms with Crippen LogP contribution in [0.25, 0.3) is 0 Å². The van der Waals surface area contributed by atoms with Crippen LogP contribution in [0.15, 0.2) is 24.5 Å². The van der Waals surface area contributed by atoms with Crippen LogP contribution < -0.4 is 11.1 Å². The molecule has 20 heavy (non-hydrogen) atoms. The van der Waals surface area contributed by atoms with E-state index in [4.69, 9.17) is 10.5 Å². The molecule has 8 heteroatoms. The third kappa shape index (κ3) is 2.74. The SMILES string of the molecule is CCOC(=O)c1c(NC(=O)c2cccnc2)n[nH]c1N. The van der Waals surface area contributed by atoms with Gasteiger partial charge in [-0.3, -0.25) is 14.9 Å². The molecule has 0 spiro atoms. The van der Waals surface area contributed by atoms with E-state index in [0.717, 1.165) is 0 Å². The summed E-state index contributed by atoms with van der Waals surface area (Å²) < 4.78 is 4.85. The van der Waals surface area contributed by atoms with Gasteiger partial charge >= 0.3 is 5.97 Å². The third-order valence-electron chi connectivity index (χ3n) is 2.43. The Labute approximate surface area is 114 Å². The summed E-state index contributed by atoms with van der Waals surface area (Å²) in [6.45, 7) is 1.86. The number of hydrogen-bond donors (Lipinski definition) is 3. The number of carbonyl (C=O) groups is 2. The summed E-state index contributed by atoms with van der Waals surface area (Å²) in [6.07, 6.45) is 2.95. The van der Waals surface area contributed by atoms with Crippen molar-refractivity contribution in [2.24, 2.45) is 0 Å². The molecular weight excluding hydrogens is 262 g/mol. The molecule has 0 fully saturated rings. The van der Waals surface area contributed by atoms with Crippen LogP contribution in [0, 0.1) is 0 Å². The van der Waals surface area contributed by atoms with E-state index in [1.165, 1.54) is 6.20 Å². The minimum atomic E-state index is -0.653. The number of esters is 1. The molecule has 8 nitrogen and oxygen atoms in total. The Bertz CT molecular complexity index is 623. The molecule has 0 aliphatic heterocycles. The molecule has 2 aromatic rings. The van der Waals surface area contributed by atoms with Crippen LogP contribution in [0.4, 0.5) is 11.6 Å². The predicted octanol–water partition coefficient (Wildman–Crippen LogP) is 0.816. The normalized spacial score (nSPS) is 10.1. The maximum atomic E-state index is 12.0. The van der Waals surface area contributed by atoms with Crippen LogP contribution in [-0.2, 0) is 4.74 Å². The van der Waals surface area contributed by atoms with E-state index in [1.807, 2.05) is 0 Å². The van der Waals surface area contributed by atoms with Gasteiger partial charge in [0.25, 0.3) is 5.91 Å². The Morgan fingerprint density at radius 3 is 2.95 bits per heavy atom. The van der Waals surface area contributed by atoms with Gasteiger partial charge in [-0.15, -0.1) is 0 Å². The van der Waals surface area contributed by atoms with Crippen LogP contribution in [0.2, 0.25) is 0 Å². The molecule has 2 rings (SSSR count). The number of amides is 1. The second-order valence-electron chi connectivity index (χ2n) is 3.78. The maximum absolute atomic E-state index is 12.0. The average Bonchev–Trinajstić information content (AvgIpc) is 2.81. The first kappa shape index (κ1) is 13.5. The minimum Gasteiger partial charge on any atom is -0.462 e. The largest absolute Gasteiger partial charge is 0.462 e. The van der Waals surface area contributed by atoms with Gasteiger partial charge in [0, 0.05) is 12.4 Å². The summed E-state index contributed by atoms with van der Waals surface area (Å²) in [6, 6.07) is 3.21. The number of carbonyl (C=O) groups excluding carboxylic acids is 2. The second-order valence-corrected chi connectivity index (χ2v) is 3.78. The summed E-state index contributed by atoms with van der Waals surface area (Å²) in [7, 11) is 0. The minimum absolute atomic E-state index is 0.00379. The van der Waals surface area contributed by atoms with Crippen LogP contribution in [0.1, 0.15) is 27.6 Å². The van der Waals surface area contributed by atoms with Gasteiger partial charge in [-0.25, -0.2) is 4.79 Å². The van der Waals surface area contributed by atoms with Crippen molar-refractivity contribution in [3.8, 4) is 0 Å². The van der Waals surface area contributed by atoms with Crippen molar-refractivity contribution in [2.45, 2.75) is 6.92 Å². The highest BCUT2D eigenvalue weighted by Gasteiger charge is 2.22. The number of nitrogens with zero attached hydrogens (tertiary/aromatic N) is 2. The van der Waals surface area contributed by atoms with Crippen LogP contribution in [-0.4, -0.2) is 33.7 Å². The molecule has 1 amide bonds. The van der Waals surface area contributed by atoms with Crippen molar-refractivity contribution in [3.63, 3.8) is 0 Å². The Kier molecular flexibility index (Phi) is 3.94. The number of nitrogens with two attached hydrogens (primary N) is 1. The highest BCUT2D eigenvalue weighted by atomic mass is 16.5. The molecule has 0 saturated carbocycles. The van der Waals surface area contributed by atoms with Crippen LogP contribution in [0.5, 0.6) is 0 Å². The number of aromatic nitrogens is 3. The highest BCUT2D eigenvalue weighted by Crippen LogP contribution is 2.20.